The Bertz CT molecular complexity index is 178. The summed E-state index contributed by atoms with van der Waals surface area (Å²) in [5.41, 5.74) is 0. The molecule has 2 fully saturated rings. The molecule has 2 rings (SSSR count). The van der Waals surface area contributed by atoms with Crippen LogP contribution in [0.15, 0.2) is 0 Å². The van der Waals surface area contributed by atoms with Crippen molar-refractivity contribution in [3.63, 3.8) is 0 Å². The van der Waals surface area contributed by atoms with Crippen molar-refractivity contribution in [1.82, 2.24) is 10.6 Å². The zero-order chi connectivity index (χ0) is 7.84. The van der Waals surface area contributed by atoms with E-state index in [0.717, 1.165) is 13.1 Å². The molecule has 5 heteroatoms. The summed E-state index contributed by atoms with van der Waals surface area (Å²) < 4.78 is 4.50. The molecule has 0 aromatic heterocycles. The topological polar surface area (TPSA) is 50.4 Å². The molecule has 12 heavy (non-hydrogen) atoms. The third kappa shape index (κ3) is 1.49. The second-order valence-corrected chi connectivity index (χ2v) is 3.15. The van der Waals surface area contributed by atoms with Crippen molar-refractivity contribution in [1.29, 1.82) is 0 Å². The van der Waals surface area contributed by atoms with E-state index in [2.05, 4.69) is 15.4 Å². The lowest BCUT2D eigenvalue weighted by Crippen LogP contribution is -2.32. The van der Waals surface area contributed by atoms with Gasteiger partial charge >= 0.3 is 6.09 Å². The fraction of sp³-hybridized carbons (Fsp3) is 0.857. The number of rotatable bonds is 1. The summed E-state index contributed by atoms with van der Waals surface area (Å²) in [4.78, 5) is 10.7. The molecule has 1 aliphatic heterocycles. The van der Waals surface area contributed by atoms with Crippen molar-refractivity contribution >= 4 is 18.5 Å². The molecule has 0 spiro atoms. The second kappa shape index (κ2) is 3.49. The largest absolute Gasteiger partial charge is 0.453 e. The number of hydrogen-bond acceptors (Lipinski definition) is 3. The molecule has 2 N–H and O–H groups in total. The van der Waals surface area contributed by atoms with Crippen LogP contribution in [-0.2, 0) is 4.74 Å². The monoisotopic (exact) mass is 192 g/mol. The van der Waals surface area contributed by atoms with Crippen LogP contribution in [0.3, 0.4) is 0 Å². The molecule has 1 saturated heterocycles. The van der Waals surface area contributed by atoms with Crippen molar-refractivity contribution in [2.24, 2.45) is 11.8 Å². The average Bonchev–Trinajstić information content (AvgIpc) is 2.52. The van der Waals surface area contributed by atoms with Gasteiger partial charge in [0, 0.05) is 19.1 Å². The molecule has 1 unspecified atom stereocenters. The number of hydrogen-bond donors (Lipinski definition) is 2. The number of alkyl carbamates (subject to hydrolysis) is 1. The molecule has 1 aliphatic carbocycles. The Hall–Kier alpha value is -0.480. The van der Waals surface area contributed by atoms with Crippen LogP contribution in [0.4, 0.5) is 4.79 Å². The van der Waals surface area contributed by atoms with Crippen molar-refractivity contribution in [2.45, 2.75) is 6.04 Å². The first kappa shape index (κ1) is 9.61. The third-order valence-electron chi connectivity index (χ3n) is 2.56. The molecular weight excluding hydrogens is 180 g/mol. The van der Waals surface area contributed by atoms with E-state index < -0.39 is 0 Å². The van der Waals surface area contributed by atoms with E-state index >= 15 is 0 Å². The van der Waals surface area contributed by atoms with Gasteiger partial charge in [0.05, 0.1) is 7.11 Å². The van der Waals surface area contributed by atoms with E-state index in [-0.39, 0.29) is 18.5 Å². The fourth-order valence-corrected chi connectivity index (χ4v) is 1.83. The molecule has 0 aromatic rings. The zero-order valence-electron chi connectivity index (χ0n) is 6.87. The first-order valence-corrected chi connectivity index (χ1v) is 3.88. The smallest absolute Gasteiger partial charge is 0.407 e. The summed E-state index contributed by atoms with van der Waals surface area (Å²) in [5.74, 6) is 1.32. The zero-order valence-corrected chi connectivity index (χ0v) is 7.69. The van der Waals surface area contributed by atoms with Gasteiger partial charge in [-0.25, -0.2) is 4.79 Å². The standard InChI is InChI=1S/C7H12N2O2.ClH/c1-11-7(10)9-6-4-2-8-3-5(4)6;/h4-6,8H,2-3H2,1H3,(H,9,10);1H/t4-,5+,6?;. The maximum atomic E-state index is 10.7. The summed E-state index contributed by atoms with van der Waals surface area (Å²) >= 11 is 0. The number of amides is 1. The van der Waals surface area contributed by atoms with Crippen LogP contribution in [-0.4, -0.2) is 32.3 Å². The second-order valence-electron chi connectivity index (χ2n) is 3.15. The lowest BCUT2D eigenvalue weighted by molar-refractivity contribution is 0.169. The molecule has 1 heterocycles. The van der Waals surface area contributed by atoms with Crippen molar-refractivity contribution in [3.05, 3.63) is 0 Å². The minimum absolute atomic E-state index is 0. The van der Waals surface area contributed by atoms with E-state index in [1.807, 2.05) is 0 Å². The maximum absolute atomic E-state index is 10.7. The molecule has 70 valence electrons. The van der Waals surface area contributed by atoms with Gasteiger partial charge in [0.25, 0.3) is 0 Å². The van der Waals surface area contributed by atoms with Gasteiger partial charge in [0.15, 0.2) is 0 Å². The molecule has 1 amide bonds. The van der Waals surface area contributed by atoms with Gasteiger partial charge in [-0.3, -0.25) is 0 Å². The minimum Gasteiger partial charge on any atom is -0.453 e. The number of carbonyl (C=O) groups is 1. The SMILES string of the molecule is COC(=O)NC1[C@H]2CNC[C@@H]12.Cl. The summed E-state index contributed by atoms with van der Waals surface area (Å²) in [6, 6.07) is 0.378. The van der Waals surface area contributed by atoms with Crippen molar-refractivity contribution in [2.75, 3.05) is 20.2 Å². The van der Waals surface area contributed by atoms with Gasteiger partial charge < -0.3 is 15.4 Å². The van der Waals surface area contributed by atoms with Gasteiger partial charge in [-0.2, -0.15) is 0 Å². The summed E-state index contributed by atoms with van der Waals surface area (Å²) in [6.45, 7) is 2.08. The van der Waals surface area contributed by atoms with Crippen LogP contribution in [0.2, 0.25) is 0 Å². The summed E-state index contributed by atoms with van der Waals surface area (Å²) in [6.07, 6.45) is -0.301. The van der Waals surface area contributed by atoms with E-state index in [1.165, 1.54) is 7.11 Å². The van der Waals surface area contributed by atoms with Crippen LogP contribution in [0, 0.1) is 11.8 Å². The number of ether oxygens (including phenoxy) is 1. The molecule has 1 saturated carbocycles. The Morgan fingerprint density at radius 2 is 2.08 bits per heavy atom. The van der Waals surface area contributed by atoms with E-state index in [0.29, 0.717) is 17.9 Å². The molecule has 0 aromatic carbocycles. The van der Waals surface area contributed by atoms with E-state index in [9.17, 15) is 4.79 Å². The highest BCUT2D eigenvalue weighted by Crippen LogP contribution is 2.41. The first-order chi connectivity index (χ1) is 5.33. The normalized spacial score (nSPS) is 36.2. The molecule has 0 bridgehead atoms. The van der Waals surface area contributed by atoms with Gasteiger partial charge in [-0.1, -0.05) is 0 Å². The Kier molecular flexibility index (Phi) is 2.80. The predicted octanol–water partition coefficient (Wildman–Crippen LogP) is -0.0180. The van der Waals surface area contributed by atoms with E-state index in [1.54, 1.807) is 0 Å². The Morgan fingerprint density at radius 3 is 2.58 bits per heavy atom. The maximum Gasteiger partial charge on any atom is 0.407 e. The minimum atomic E-state index is -0.301. The average molecular weight is 193 g/mol. The van der Waals surface area contributed by atoms with Crippen LogP contribution in [0.5, 0.6) is 0 Å². The quantitative estimate of drug-likeness (QED) is 0.614. The number of halogens is 1. The third-order valence-corrected chi connectivity index (χ3v) is 2.56. The lowest BCUT2D eigenvalue weighted by Gasteiger charge is -2.05. The van der Waals surface area contributed by atoms with Crippen molar-refractivity contribution < 1.29 is 9.53 Å². The summed E-state index contributed by atoms with van der Waals surface area (Å²) in [7, 11) is 1.39. The predicted molar refractivity (Wildman–Crippen MR) is 46.4 cm³/mol. The van der Waals surface area contributed by atoms with E-state index in [4.69, 9.17) is 0 Å². The number of fused-ring (bicyclic) bond motifs is 1. The molecule has 2 aliphatic rings. The molecule has 0 radical (unpaired) electrons. The Morgan fingerprint density at radius 1 is 1.50 bits per heavy atom. The first-order valence-electron chi connectivity index (χ1n) is 3.88. The molecule has 4 nitrogen and oxygen atoms in total. The molecule has 3 atom stereocenters. The van der Waals surface area contributed by atoms with Gasteiger partial charge in [-0.15, -0.1) is 12.4 Å². The number of nitrogens with one attached hydrogen (secondary N) is 2. The van der Waals surface area contributed by atoms with Crippen LogP contribution < -0.4 is 10.6 Å². The highest BCUT2D eigenvalue weighted by molar-refractivity contribution is 5.85. The Labute approximate surface area is 77.4 Å². The highest BCUT2D eigenvalue weighted by atomic mass is 35.5. The highest BCUT2D eigenvalue weighted by Gasteiger charge is 2.53. The van der Waals surface area contributed by atoms with Gasteiger partial charge in [-0.05, 0) is 11.8 Å². The number of piperidine rings is 1. The van der Waals surface area contributed by atoms with Gasteiger partial charge in [0.2, 0.25) is 0 Å². The summed E-state index contributed by atoms with van der Waals surface area (Å²) in [5, 5.41) is 6.06. The van der Waals surface area contributed by atoms with Crippen LogP contribution >= 0.6 is 12.4 Å². The Balaban J connectivity index is 0.000000720. The lowest BCUT2D eigenvalue weighted by atomic mass is 10.4. The van der Waals surface area contributed by atoms with Crippen LogP contribution in [0.1, 0.15) is 0 Å². The van der Waals surface area contributed by atoms with Crippen molar-refractivity contribution in [3.8, 4) is 0 Å². The van der Waals surface area contributed by atoms with Gasteiger partial charge in [0.1, 0.15) is 0 Å². The number of carbonyl (C=O) groups excluding carboxylic acids is 1. The van der Waals surface area contributed by atoms with Crippen LogP contribution in [0.25, 0.3) is 0 Å². The molecular formula is C7H13ClN2O2. The fourth-order valence-electron chi connectivity index (χ4n) is 1.83. The number of methoxy groups -OCH3 is 1.